The van der Waals surface area contributed by atoms with Crippen LogP contribution in [0.5, 0.6) is 0 Å². The maximum Gasteiger partial charge on any atom is 0.278 e. The minimum atomic E-state index is -2.68. The third kappa shape index (κ3) is 5.00. The molecule has 31 heavy (non-hydrogen) atoms. The summed E-state index contributed by atoms with van der Waals surface area (Å²) in [5, 5.41) is 10.4. The van der Waals surface area contributed by atoms with Gasteiger partial charge in [0.1, 0.15) is 11.5 Å². The lowest BCUT2D eigenvalue weighted by Crippen LogP contribution is -2.48. The van der Waals surface area contributed by atoms with Crippen molar-refractivity contribution in [3.63, 3.8) is 0 Å². The van der Waals surface area contributed by atoms with Gasteiger partial charge < -0.3 is 5.32 Å². The minimum Gasteiger partial charge on any atom is -0.314 e. The number of halogens is 3. The highest BCUT2D eigenvalue weighted by atomic mass is 32.2. The monoisotopic (exact) mass is 450 g/mol. The van der Waals surface area contributed by atoms with Gasteiger partial charge in [-0.3, -0.25) is 9.29 Å². The number of alkyl halides is 2. The van der Waals surface area contributed by atoms with E-state index in [1.807, 2.05) is 4.31 Å². The highest BCUT2D eigenvalue weighted by Gasteiger charge is 2.26. The molecule has 1 saturated heterocycles. The fraction of sp³-hybridized carbons (Fsp3) is 0.350. The molecule has 0 amide bonds. The number of rotatable bonds is 7. The zero-order valence-electron chi connectivity index (χ0n) is 16.5. The Morgan fingerprint density at radius 3 is 2.65 bits per heavy atom. The largest absolute Gasteiger partial charge is 0.314 e. The third-order valence-electron chi connectivity index (χ3n) is 5.02. The van der Waals surface area contributed by atoms with Crippen molar-refractivity contribution in [3.8, 4) is 0 Å². The Morgan fingerprint density at radius 1 is 1.19 bits per heavy atom. The van der Waals surface area contributed by atoms with Crippen LogP contribution in [0.15, 0.2) is 52.9 Å². The van der Waals surface area contributed by atoms with Crippen LogP contribution in [0.2, 0.25) is 0 Å². The van der Waals surface area contributed by atoms with E-state index in [4.69, 9.17) is 0 Å². The lowest BCUT2D eigenvalue weighted by atomic mass is 10.0. The molecule has 4 rings (SSSR count). The van der Waals surface area contributed by atoms with Gasteiger partial charge in [-0.15, -0.1) is 0 Å². The molecule has 2 aliphatic heterocycles. The van der Waals surface area contributed by atoms with E-state index in [0.29, 0.717) is 35.6 Å². The summed E-state index contributed by atoms with van der Waals surface area (Å²) in [6.07, 6.45) is 0.412. The second-order valence-electron chi connectivity index (χ2n) is 7.08. The van der Waals surface area contributed by atoms with Gasteiger partial charge in [0.05, 0.1) is 24.1 Å². The van der Waals surface area contributed by atoms with E-state index in [9.17, 15) is 17.4 Å². The summed E-state index contributed by atoms with van der Waals surface area (Å²) in [5.41, 5.74) is 1.31. The van der Waals surface area contributed by atoms with Crippen molar-refractivity contribution in [2.45, 2.75) is 19.4 Å². The van der Waals surface area contributed by atoms with Gasteiger partial charge in [0.15, 0.2) is 11.2 Å². The predicted octanol–water partition coefficient (Wildman–Crippen LogP) is 2.53. The number of anilines is 1. The number of hydrogen-bond donors (Lipinski definition) is 1. The van der Waals surface area contributed by atoms with E-state index in [1.54, 1.807) is 41.0 Å². The molecule has 1 unspecified atom stereocenters. The Balaban J connectivity index is 1.55. The zero-order chi connectivity index (χ0) is 21.8. The predicted molar refractivity (Wildman–Crippen MR) is 114 cm³/mol. The third-order valence-corrected chi connectivity index (χ3v) is 6.54. The van der Waals surface area contributed by atoms with Crippen molar-refractivity contribution in [1.82, 2.24) is 14.6 Å². The normalized spacial score (nSPS) is 18.1. The molecule has 1 atom stereocenters. The average Bonchev–Trinajstić information content (AvgIpc) is 3.30. The van der Waals surface area contributed by atoms with Crippen LogP contribution < -0.4 is 9.62 Å². The fourth-order valence-electron chi connectivity index (χ4n) is 3.34. The van der Waals surface area contributed by atoms with Crippen LogP contribution in [0.3, 0.4) is 0 Å². The van der Waals surface area contributed by atoms with Gasteiger partial charge in [0.2, 0.25) is 0 Å². The smallest absolute Gasteiger partial charge is 0.278 e. The Kier molecular flexibility index (Phi) is 6.73. The maximum absolute atomic E-state index is 14.9. The van der Waals surface area contributed by atoms with Crippen LogP contribution in [0, 0.1) is 5.82 Å². The van der Waals surface area contributed by atoms with E-state index in [-0.39, 0.29) is 18.7 Å². The second kappa shape index (κ2) is 9.67. The summed E-state index contributed by atoms with van der Waals surface area (Å²) in [6, 6.07) is 7.95. The molecule has 2 aliphatic rings. The van der Waals surface area contributed by atoms with Crippen LogP contribution in [-0.2, 0) is 17.7 Å². The lowest BCUT2D eigenvalue weighted by molar-refractivity contribution is 0.224. The molecule has 0 spiro atoms. The highest BCUT2D eigenvalue weighted by molar-refractivity contribution is 7.84. The van der Waals surface area contributed by atoms with Crippen molar-refractivity contribution in [1.29, 1.82) is 0 Å². The second-order valence-corrected chi connectivity index (χ2v) is 8.50. The number of nitrogens with zero attached hydrogens (tertiary/aromatic N) is 5. The number of benzene rings is 1. The molecule has 164 valence electrons. The quantitative estimate of drug-likeness (QED) is 0.705. The van der Waals surface area contributed by atoms with Crippen molar-refractivity contribution < 1.29 is 17.4 Å². The van der Waals surface area contributed by atoms with Crippen molar-refractivity contribution in [3.05, 3.63) is 59.7 Å². The number of pyridine rings is 1. The summed E-state index contributed by atoms with van der Waals surface area (Å²) >= 11 is -1.53. The Hall–Kier alpha value is -2.63. The molecule has 7 nitrogen and oxygen atoms in total. The summed E-state index contributed by atoms with van der Waals surface area (Å²) in [6.45, 7) is 2.72. The molecule has 0 saturated carbocycles. The van der Waals surface area contributed by atoms with Gasteiger partial charge >= 0.3 is 0 Å². The molecular weight excluding hydrogens is 429 g/mol. The number of piperazine rings is 1. The molecule has 1 aromatic carbocycles. The SMILES string of the molecule is O=S(N1CCNCC1)N(Cc1ccc(C2=NN=C(C(F)F)C2)cc1F)c1cccnc1. The summed E-state index contributed by atoms with van der Waals surface area (Å²) in [7, 11) is 0. The van der Waals surface area contributed by atoms with Crippen LogP contribution in [-0.4, -0.2) is 57.5 Å². The van der Waals surface area contributed by atoms with Gasteiger partial charge in [-0.2, -0.15) is 10.2 Å². The van der Waals surface area contributed by atoms with Crippen LogP contribution in [0.25, 0.3) is 0 Å². The molecule has 0 aliphatic carbocycles. The van der Waals surface area contributed by atoms with E-state index in [1.165, 1.54) is 6.07 Å². The van der Waals surface area contributed by atoms with Gasteiger partial charge in [0.25, 0.3) is 6.43 Å². The van der Waals surface area contributed by atoms with Crippen molar-refractivity contribution in [2.75, 3.05) is 30.5 Å². The zero-order valence-corrected chi connectivity index (χ0v) is 17.4. The molecule has 2 aromatic rings. The fourth-order valence-corrected chi connectivity index (χ4v) is 4.65. The number of aromatic nitrogens is 1. The van der Waals surface area contributed by atoms with Crippen LogP contribution in [0.4, 0.5) is 18.9 Å². The molecule has 0 radical (unpaired) electrons. The van der Waals surface area contributed by atoms with Crippen molar-refractivity contribution >= 4 is 28.3 Å². The summed E-state index contributed by atoms with van der Waals surface area (Å²) in [5.74, 6) is -0.531. The molecule has 11 heteroatoms. The molecule has 0 bridgehead atoms. The van der Waals surface area contributed by atoms with Gasteiger partial charge in [-0.05, 0) is 18.2 Å². The minimum absolute atomic E-state index is 0.0552. The highest BCUT2D eigenvalue weighted by Crippen LogP contribution is 2.23. The maximum atomic E-state index is 14.9. The van der Waals surface area contributed by atoms with E-state index in [0.717, 1.165) is 13.1 Å². The van der Waals surface area contributed by atoms with E-state index in [2.05, 4.69) is 20.5 Å². The van der Waals surface area contributed by atoms with Gasteiger partial charge in [0, 0.05) is 49.9 Å². The first-order valence-corrected chi connectivity index (χ1v) is 10.8. The topological polar surface area (TPSA) is 73.2 Å². The molecule has 1 fully saturated rings. The van der Waals surface area contributed by atoms with E-state index < -0.39 is 23.4 Å². The van der Waals surface area contributed by atoms with Crippen LogP contribution >= 0.6 is 0 Å². The Bertz CT molecular complexity index is 1010. The first kappa shape index (κ1) is 21.6. The molecule has 3 heterocycles. The molecule has 1 N–H and O–H groups in total. The molecule has 1 aromatic heterocycles. The Morgan fingerprint density at radius 2 is 2.00 bits per heavy atom. The molecular formula is C20H21F3N6OS. The van der Waals surface area contributed by atoms with Crippen molar-refractivity contribution in [2.24, 2.45) is 10.2 Å². The number of nitrogens with one attached hydrogen (secondary N) is 1. The first-order valence-electron chi connectivity index (χ1n) is 9.78. The first-order chi connectivity index (χ1) is 15.0. The van der Waals surface area contributed by atoms with Gasteiger partial charge in [-0.1, -0.05) is 12.1 Å². The number of hydrogen-bond acceptors (Lipinski definition) is 5. The van der Waals surface area contributed by atoms with E-state index >= 15 is 0 Å². The Labute approximate surface area is 180 Å². The van der Waals surface area contributed by atoms with Crippen LogP contribution in [0.1, 0.15) is 17.5 Å². The van der Waals surface area contributed by atoms with Gasteiger partial charge in [-0.25, -0.2) is 21.7 Å². The lowest BCUT2D eigenvalue weighted by Gasteiger charge is -2.32. The summed E-state index contributed by atoms with van der Waals surface area (Å²) in [4.78, 5) is 4.09. The standard InChI is InChI=1S/C20H21F3N6OS/c21-17-10-14(18-11-19(20(22)23)27-26-18)3-4-15(17)13-29(16-2-1-5-25-12-16)31(30)28-8-6-24-7-9-28/h1-5,10,12,20,24H,6-9,11,13H2. The average molecular weight is 450 g/mol. The summed E-state index contributed by atoms with van der Waals surface area (Å²) < 4.78 is 57.2.